The highest BCUT2D eigenvalue weighted by Gasteiger charge is 2.22. The van der Waals surface area contributed by atoms with Gasteiger partial charge in [0.05, 0.1) is 22.7 Å². The van der Waals surface area contributed by atoms with Crippen LogP contribution in [0.25, 0.3) is 0 Å². The standard InChI is InChI=1S/C12H14Cl2N2O2.ClH/c1-18-11-7-10(14)9(13)6-8(11)12(17)16-4-2-15-3-5-16;/h6-7,15H,2-5H2,1H3;1H. The second-order valence-corrected chi connectivity index (χ2v) is 4.82. The van der Waals surface area contributed by atoms with Crippen LogP contribution >= 0.6 is 35.6 Å². The fourth-order valence-corrected chi connectivity index (χ4v) is 2.22. The molecule has 0 atom stereocenters. The largest absolute Gasteiger partial charge is 0.496 e. The Labute approximate surface area is 128 Å². The SMILES string of the molecule is COc1cc(Cl)c(Cl)cc1C(=O)N1CCNCC1.Cl. The average molecular weight is 326 g/mol. The summed E-state index contributed by atoms with van der Waals surface area (Å²) >= 11 is 11.9. The molecule has 106 valence electrons. The first kappa shape index (κ1) is 16.4. The van der Waals surface area contributed by atoms with E-state index in [2.05, 4.69) is 5.32 Å². The molecule has 0 unspecified atom stereocenters. The molecule has 1 fully saturated rings. The van der Waals surface area contributed by atoms with Crippen LogP contribution in [0.4, 0.5) is 0 Å². The zero-order valence-corrected chi connectivity index (χ0v) is 12.7. The van der Waals surface area contributed by atoms with Crippen molar-refractivity contribution in [2.24, 2.45) is 0 Å². The van der Waals surface area contributed by atoms with Crippen LogP contribution in [-0.4, -0.2) is 44.1 Å². The molecule has 1 aliphatic rings. The summed E-state index contributed by atoms with van der Waals surface area (Å²) in [7, 11) is 1.51. The molecular formula is C12H15Cl3N2O2. The number of benzene rings is 1. The molecule has 1 N–H and O–H groups in total. The third-order valence-electron chi connectivity index (χ3n) is 2.88. The summed E-state index contributed by atoms with van der Waals surface area (Å²) in [4.78, 5) is 14.1. The van der Waals surface area contributed by atoms with Gasteiger partial charge in [0.2, 0.25) is 0 Å². The molecule has 1 aromatic carbocycles. The van der Waals surface area contributed by atoms with Crippen molar-refractivity contribution in [2.45, 2.75) is 0 Å². The molecule has 1 saturated heterocycles. The van der Waals surface area contributed by atoms with Gasteiger partial charge in [0.15, 0.2) is 0 Å². The van der Waals surface area contributed by atoms with E-state index in [1.807, 2.05) is 0 Å². The zero-order valence-electron chi connectivity index (χ0n) is 10.4. The van der Waals surface area contributed by atoms with E-state index < -0.39 is 0 Å². The van der Waals surface area contributed by atoms with E-state index in [4.69, 9.17) is 27.9 Å². The molecule has 0 spiro atoms. The number of nitrogens with one attached hydrogen (secondary N) is 1. The first-order valence-corrected chi connectivity index (χ1v) is 6.42. The summed E-state index contributed by atoms with van der Waals surface area (Å²) in [6, 6.07) is 3.13. The lowest BCUT2D eigenvalue weighted by Gasteiger charge is -2.28. The molecule has 2 rings (SSSR count). The van der Waals surface area contributed by atoms with Crippen molar-refractivity contribution < 1.29 is 9.53 Å². The number of methoxy groups -OCH3 is 1. The Kier molecular flexibility index (Phi) is 6.20. The molecule has 0 bridgehead atoms. The van der Waals surface area contributed by atoms with Crippen LogP contribution in [0.2, 0.25) is 10.0 Å². The van der Waals surface area contributed by atoms with Gasteiger partial charge in [-0.15, -0.1) is 12.4 Å². The van der Waals surface area contributed by atoms with Gasteiger partial charge in [0, 0.05) is 32.2 Å². The van der Waals surface area contributed by atoms with E-state index in [1.165, 1.54) is 7.11 Å². The van der Waals surface area contributed by atoms with E-state index in [0.29, 0.717) is 34.4 Å². The third kappa shape index (κ3) is 3.66. The molecule has 7 heteroatoms. The van der Waals surface area contributed by atoms with Gasteiger partial charge in [-0.1, -0.05) is 23.2 Å². The van der Waals surface area contributed by atoms with Gasteiger partial charge in [-0.25, -0.2) is 0 Å². The molecule has 4 nitrogen and oxygen atoms in total. The lowest BCUT2D eigenvalue weighted by atomic mass is 10.1. The number of hydrogen-bond donors (Lipinski definition) is 1. The molecule has 0 saturated carbocycles. The summed E-state index contributed by atoms with van der Waals surface area (Å²) in [5.74, 6) is 0.375. The second-order valence-electron chi connectivity index (χ2n) is 4.01. The Hall–Kier alpha value is -0.680. The molecule has 0 aliphatic carbocycles. The number of nitrogens with zero attached hydrogens (tertiary/aromatic N) is 1. The maximum Gasteiger partial charge on any atom is 0.257 e. The number of carbonyl (C=O) groups excluding carboxylic acids is 1. The van der Waals surface area contributed by atoms with Crippen LogP contribution in [0.1, 0.15) is 10.4 Å². The minimum absolute atomic E-state index is 0. The van der Waals surface area contributed by atoms with Crippen molar-refractivity contribution in [3.63, 3.8) is 0 Å². The second kappa shape index (κ2) is 7.20. The Morgan fingerprint density at radius 1 is 1.26 bits per heavy atom. The summed E-state index contributed by atoms with van der Waals surface area (Å²) in [5, 5.41) is 3.94. The number of hydrogen-bond acceptors (Lipinski definition) is 3. The number of halogens is 3. The van der Waals surface area contributed by atoms with Crippen molar-refractivity contribution in [3.8, 4) is 5.75 Å². The van der Waals surface area contributed by atoms with Gasteiger partial charge in [-0.05, 0) is 6.07 Å². The quantitative estimate of drug-likeness (QED) is 0.908. The monoisotopic (exact) mass is 324 g/mol. The Morgan fingerprint density at radius 2 is 1.84 bits per heavy atom. The number of ether oxygens (including phenoxy) is 1. The van der Waals surface area contributed by atoms with E-state index in [0.717, 1.165) is 13.1 Å². The van der Waals surface area contributed by atoms with Crippen LogP contribution in [0.15, 0.2) is 12.1 Å². The molecular weight excluding hydrogens is 311 g/mol. The van der Waals surface area contributed by atoms with Crippen molar-refractivity contribution in [1.82, 2.24) is 10.2 Å². The first-order valence-electron chi connectivity index (χ1n) is 5.66. The van der Waals surface area contributed by atoms with Gasteiger partial charge in [-0.3, -0.25) is 4.79 Å². The fourth-order valence-electron chi connectivity index (χ4n) is 1.90. The van der Waals surface area contributed by atoms with Crippen LogP contribution in [-0.2, 0) is 0 Å². The van der Waals surface area contributed by atoms with E-state index >= 15 is 0 Å². The van der Waals surface area contributed by atoms with E-state index in [9.17, 15) is 4.79 Å². The smallest absolute Gasteiger partial charge is 0.257 e. The lowest BCUT2D eigenvalue weighted by molar-refractivity contribution is 0.0732. The minimum atomic E-state index is -0.0769. The number of carbonyl (C=O) groups is 1. The molecule has 1 aliphatic heterocycles. The molecule has 19 heavy (non-hydrogen) atoms. The summed E-state index contributed by atoms with van der Waals surface area (Å²) < 4.78 is 5.19. The van der Waals surface area contributed by atoms with Crippen LogP contribution in [0, 0.1) is 0 Å². The number of piperazine rings is 1. The van der Waals surface area contributed by atoms with Crippen molar-refractivity contribution in [1.29, 1.82) is 0 Å². The zero-order chi connectivity index (χ0) is 13.1. The molecule has 1 heterocycles. The van der Waals surface area contributed by atoms with Crippen molar-refractivity contribution >= 4 is 41.5 Å². The molecule has 0 radical (unpaired) electrons. The van der Waals surface area contributed by atoms with Gasteiger partial charge in [0.1, 0.15) is 5.75 Å². The summed E-state index contributed by atoms with van der Waals surface area (Å²) in [6.07, 6.45) is 0. The highest BCUT2D eigenvalue weighted by atomic mass is 35.5. The fraction of sp³-hybridized carbons (Fsp3) is 0.417. The van der Waals surface area contributed by atoms with Gasteiger partial charge >= 0.3 is 0 Å². The molecule has 1 amide bonds. The van der Waals surface area contributed by atoms with Crippen LogP contribution in [0.3, 0.4) is 0 Å². The first-order chi connectivity index (χ1) is 8.63. The third-order valence-corrected chi connectivity index (χ3v) is 3.60. The average Bonchev–Trinajstić information content (AvgIpc) is 2.41. The van der Waals surface area contributed by atoms with Gasteiger partial charge < -0.3 is 15.0 Å². The topological polar surface area (TPSA) is 41.6 Å². The predicted octanol–water partition coefficient (Wildman–Crippen LogP) is 2.47. The van der Waals surface area contributed by atoms with Crippen molar-refractivity contribution in [2.75, 3.05) is 33.3 Å². The van der Waals surface area contributed by atoms with Gasteiger partial charge in [-0.2, -0.15) is 0 Å². The Bertz CT molecular complexity index is 463. The van der Waals surface area contributed by atoms with Gasteiger partial charge in [0.25, 0.3) is 5.91 Å². The maximum atomic E-state index is 12.4. The van der Waals surface area contributed by atoms with Crippen LogP contribution < -0.4 is 10.1 Å². The van der Waals surface area contributed by atoms with E-state index in [-0.39, 0.29) is 18.3 Å². The van der Waals surface area contributed by atoms with E-state index in [1.54, 1.807) is 17.0 Å². The van der Waals surface area contributed by atoms with Crippen LogP contribution in [0.5, 0.6) is 5.75 Å². The number of rotatable bonds is 2. The maximum absolute atomic E-state index is 12.4. The Balaban J connectivity index is 0.00000180. The van der Waals surface area contributed by atoms with Crippen molar-refractivity contribution in [3.05, 3.63) is 27.7 Å². The summed E-state index contributed by atoms with van der Waals surface area (Å²) in [6.45, 7) is 2.97. The lowest BCUT2D eigenvalue weighted by Crippen LogP contribution is -2.46. The summed E-state index contributed by atoms with van der Waals surface area (Å²) in [5.41, 5.74) is 0.453. The normalized spacial score (nSPS) is 14.8. The Morgan fingerprint density at radius 3 is 2.42 bits per heavy atom. The minimum Gasteiger partial charge on any atom is -0.496 e. The molecule has 1 aromatic rings. The highest BCUT2D eigenvalue weighted by molar-refractivity contribution is 6.42. The highest BCUT2D eigenvalue weighted by Crippen LogP contribution is 2.31. The molecule has 0 aromatic heterocycles. The number of amides is 1. The predicted molar refractivity (Wildman–Crippen MR) is 79.0 cm³/mol.